The standard InChI is InChI=1S/C33H33N3O4/c1-3-22-21-36-18-16-23(22)19-31(36)32(28-15-17-34-30-14-13-27(38-2)20-29(28)30)40-33(37)35-24-9-11-26(12-10-24)39-25-7-5-4-6-8-25/h3-15,17,20,22-23,31-32H,1,16,18-19,21H2,2H3,(H,35,37)/t22-,23+,31+,32-/m1/s1. The van der Waals surface area contributed by atoms with E-state index in [9.17, 15) is 4.79 Å². The Kier molecular flexibility index (Phi) is 7.38. The van der Waals surface area contributed by atoms with E-state index in [0.717, 1.165) is 53.9 Å². The average molecular weight is 536 g/mol. The van der Waals surface area contributed by atoms with E-state index in [1.54, 1.807) is 13.3 Å². The molecule has 4 aromatic rings. The number of nitrogens with one attached hydrogen (secondary N) is 1. The van der Waals surface area contributed by atoms with Gasteiger partial charge < -0.3 is 14.2 Å². The predicted octanol–water partition coefficient (Wildman–Crippen LogP) is 7.22. The summed E-state index contributed by atoms with van der Waals surface area (Å²) in [7, 11) is 1.65. The Morgan fingerprint density at radius 2 is 1.82 bits per heavy atom. The molecule has 5 atom stereocenters. The number of benzene rings is 3. The van der Waals surface area contributed by atoms with Crippen molar-refractivity contribution in [2.75, 3.05) is 25.5 Å². The van der Waals surface area contributed by atoms with Crippen LogP contribution in [0.15, 0.2) is 97.7 Å². The van der Waals surface area contributed by atoms with Crippen LogP contribution in [0.4, 0.5) is 10.5 Å². The van der Waals surface area contributed by atoms with Gasteiger partial charge in [-0.15, -0.1) is 6.58 Å². The smallest absolute Gasteiger partial charge is 0.412 e. The molecule has 1 unspecified atom stereocenters. The quantitative estimate of drug-likeness (QED) is 0.240. The second-order valence-electron chi connectivity index (χ2n) is 10.4. The molecular formula is C33H33N3O4. The molecule has 1 aromatic heterocycles. The number of hydrogen-bond acceptors (Lipinski definition) is 6. The number of nitrogens with zero attached hydrogens (tertiary/aromatic N) is 2. The summed E-state index contributed by atoms with van der Waals surface area (Å²) in [6, 6.07) is 24.7. The van der Waals surface area contributed by atoms with Crippen molar-refractivity contribution in [3.8, 4) is 17.2 Å². The van der Waals surface area contributed by atoms with Crippen LogP contribution in [0.25, 0.3) is 10.9 Å². The Bertz CT molecular complexity index is 1490. The van der Waals surface area contributed by atoms with Gasteiger partial charge in [0, 0.05) is 29.4 Å². The highest BCUT2D eigenvalue weighted by Gasteiger charge is 2.44. The van der Waals surface area contributed by atoms with Gasteiger partial charge in [-0.25, -0.2) is 4.79 Å². The molecule has 7 rings (SSSR count). The van der Waals surface area contributed by atoms with Gasteiger partial charge in [0.1, 0.15) is 23.4 Å². The van der Waals surface area contributed by atoms with Crippen molar-refractivity contribution >= 4 is 22.7 Å². The zero-order chi connectivity index (χ0) is 27.5. The number of hydrogen-bond donors (Lipinski definition) is 1. The Labute approximate surface area is 234 Å². The predicted molar refractivity (Wildman–Crippen MR) is 156 cm³/mol. The number of ether oxygens (including phenoxy) is 3. The lowest BCUT2D eigenvalue weighted by atomic mass is 9.73. The van der Waals surface area contributed by atoms with Crippen molar-refractivity contribution in [1.82, 2.24) is 9.88 Å². The Morgan fingerprint density at radius 1 is 1.05 bits per heavy atom. The van der Waals surface area contributed by atoms with Crippen LogP contribution in [0, 0.1) is 11.8 Å². The summed E-state index contributed by atoms with van der Waals surface area (Å²) < 4.78 is 17.7. The van der Waals surface area contributed by atoms with E-state index in [2.05, 4.69) is 27.9 Å². The fourth-order valence-electron chi connectivity index (χ4n) is 6.06. The van der Waals surface area contributed by atoms with Crippen LogP contribution in [0.1, 0.15) is 24.5 Å². The molecule has 2 bridgehead atoms. The number of methoxy groups -OCH3 is 1. The van der Waals surface area contributed by atoms with Crippen molar-refractivity contribution in [3.63, 3.8) is 0 Å². The van der Waals surface area contributed by atoms with Crippen molar-refractivity contribution in [2.24, 2.45) is 11.8 Å². The van der Waals surface area contributed by atoms with Crippen LogP contribution in [0.3, 0.4) is 0 Å². The van der Waals surface area contributed by atoms with Gasteiger partial charge in [-0.3, -0.25) is 15.2 Å². The summed E-state index contributed by atoms with van der Waals surface area (Å²) in [5.41, 5.74) is 2.39. The zero-order valence-corrected chi connectivity index (χ0v) is 22.5. The topological polar surface area (TPSA) is 72.9 Å². The van der Waals surface area contributed by atoms with Crippen molar-refractivity contribution in [2.45, 2.75) is 25.0 Å². The molecule has 3 fully saturated rings. The number of para-hydroxylation sites is 1. The second-order valence-corrected chi connectivity index (χ2v) is 10.4. The SMILES string of the molecule is C=C[C@@H]1CN2CC[C@H]1C[C@H]2[C@H](OC(=O)Nc1ccc(Oc2ccccc2)cc1)c1ccnc2ccc(OC)cc12. The number of aromatic nitrogens is 1. The van der Waals surface area contributed by atoms with Crippen LogP contribution in [0.5, 0.6) is 17.2 Å². The first-order valence-electron chi connectivity index (χ1n) is 13.7. The van der Waals surface area contributed by atoms with Crippen molar-refractivity contribution in [1.29, 1.82) is 0 Å². The van der Waals surface area contributed by atoms with Crippen molar-refractivity contribution in [3.05, 3.63) is 103 Å². The van der Waals surface area contributed by atoms with Crippen LogP contribution in [-0.2, 0) is 4.74 Å². The Balaban J connectivity index is 1.25. The van der Waals surface area contributed by atoms with Gasteiger partial charge in [0.05, 0.1) is 18.7 Å². The number of piperidine rings is 3. The lowest BCUT2D eigenvalue weighted by Gasteiger charge is -2.51. The maximum absolute atomic E-state index is 13.4. The Hall–Kier alpha value is -4.36. The van der Waals surface area contributed by atoms with E-state index in [0.29, 0.717) is 23.3 Å². The maximum atomic E-state index is 13.4. The summed E-state index contributed by atoms with van der Waals surface area (Å²) in [5.74, 6) is 3.16. The molecule has 7 heteroatoms. The highest BCUT2D eigenvalue weighted by molar-refractivity contribution is 5.87. The molecular weight excluding hydrogens is 502 g/mol. The third kappa shape index (κ3) is 5.38. The largest absolute Gasteiger partial charge is 0.497 e. The molecule has 204 valence electrons. The number of carbonyl (C=O) groups excluding carboxylic acids is 1. The fraction of sp³-hybridized carbons (Fsp3) is 0.273. The van der Waals surface area contributed by atoms with Crippen LogP contribution in [-0.4, -0.2) is 42.2 Å². The molecule has 3 aliphatic rings. The highest BCUT2D eigenvalue weighted by Crippen LogP contribution is 2.43. The maximum Gasteiger partial charge on any atom is 0.412 e. The van der Waals surface area contributed by atoms with Gasteiger partial charge >= 0.3 is 6.09 Å². The van der Waals surface area contributed by atoms with Crippen LogP contribution in [0.2, 0.25) is 0 Å². The molecule has 0 spiro atoms. The third-order valence-electron chi connectivity index (χ3n) is 8.11. The molecule has 3 saturated heterocycles. The van der Waals surface area contributed by atoms with Gasteiger partial charge in [-0.2, -0.15) is 0 Å². The first-order chi connectivity index (χ1) is 19.6. The summed E-state index contributed by atoms with van der Waals surface area (Å²) in [6.07, 6.45) is 4.95. The van der Waals surface area contributed by atoms with Gasteiger partial charge in [-0.1, -0.05) is 24.3 Å². The van der Waals surface area contributed by atoms with E-state index < -0.39 is 12.2 Å². The van der Waals surface area contributed by atoms with E-state index in [1.165, 1.54) is 0 Å². The van der Waals surface area contributed by atoms with Crippen molar-refractivity contribution < 1.29 is 19.0 Å². The van der Waals surface area contributed by atoms with Crippen LogP contribution >= 0.6 is 0 Å². The molecule has 0 saturated carbocycles. The molecule has 0 aliphatic carbocycles. The van der Waals surface area contributed by atoms with E-state index in [4.69, 9.17) is 14.2 Å². The summed E-state index contributed by atoms with van der Waals surface area (Å²) in [6.45, 7) is 5.97. The number of pyridine rings is 1. The minimum Gasteiger partial charge on any atom is -0.497 e. The molecule has 3 aliphatic heterocycles. The minimum atomic E-state index is -0.502. The highest BCUT2D eigenvalue weighted by atomic mass is 16.6. The molecule has 4 heterocycles. The van der Waals surface area contributed by atoms with Gasteiger partial charge in [0.25, 0.3) is 0 Å². The first kappa shape index (κ1) is 25.9. The number of carbonyl (C=O) groups is 1. The molecule has 1 N–H and O–H groups in total. The monoisotopic (exact) mass is 535 g/mol. The number of fused-ring (bicyclic) bond motifs is 4. The minimum absolute atomic E-state index is 0.0548. The molecule has 40 heavy (non-hydrogen) atoms. The molecule has 7 nitrogen and oxygen atoms in total. The third-order valence-corrected chi connectivity index (χ3v) is 8.11. The second kappa shape index (κ2) is 11.4. The molecule has 1 amide bonds. The number of anilines is 1. The van der Waals surface area contributed by atoms with Gasteiger partial charge in [-0.05, 0) is 91.9 Å². The summed E-state index contributed by atoms with van der Waals surface area (Å²) in [4.78, 5) is 20.4. The normalized spacial score (nSPS) is 22.3. The average Bonchev–Trinajstić information content (AvgIpc) is 3.01. The van der Waals surface area contributed by atoms with E-state index in [1.807, 2.05) is 78.9 Å². The fourth-order valence-corrected chi connectivity index (χ4v) is 6.06. The van der Waals surface area contributed by atoms with E-state index in [-0.39, 0.29) is 6.04 Å². The number of rotatable bonds is 8. The lowest BCUT2D eigenvalue weighted by Crippen LogP contribution is -2.55. The number of amides is 1. The van der Waals surface area contributed by atoms with Crippen LogP contribution < -0.4 is 14.8 Å². The van der Waals surface area contributed by atoms with Gasteiger partial charge in [0.15, 0.2) is 0 Å². The van der Waals surface area contributed by atoms with Gasteiger partial charge in [0.2, 0.25) is 0 Å². The molecule has 3 aromatic carbocycles. The van der Waals surface area contributed by atoms with E-state index >= 15 is 0 Å². The lowest BCUT2D eigenvalue weighted by molar-refractivity contribution is -0.0473. The molecule has 0 radical (unpaired) electrons. The summed E-state index contributed by atoms with van der Waals surface area (Å²) >= 11 is 0. The zero-order valence-electron chi connectivity index (χ0n) is 22.5. The first-order valence-corrected chi connectivity index (χ1v) is 13.7. The Morgan fingerprint density at radius 3 is 2.55 bits per heavy atom. The summed E-state index contributed by atoms with van der Waals surface area (Å²) in [5, 5.41) is 3.84.